The fraction of sp³-hybridized carbons (Fsp3) is 1.00. The number of hydrogen-bond acceptors (Lipinski definition) is 1. The van der Waals surface area contributed by atoms with Gasteiger partial charge < -0.3 is 4.74 Å². The summed E-state index contributed by atoms with van der Waals surface area (Å²) in [7, 11) is 0. The van der Waals surface area contributed by atoms with E-state index in [-0.39, 0.29) is 12.5 Å². The molecule has 1 fully saturated rings. The normalized spacial score (nSPS) is 41.3. The number of alkyl halides is 2. The van der Waals surface area contributed by atoms with E-state index in [1.54, 1.807) is 6.92 Å². The maximum Gasteiger partial charge on any atom is 0.275 e. The minimum atomic E-state index is -2.60. The fourth-order valence-corrected chi connectivity index (χ4v) is 1.05. The number of hydrogen-bond donors (Lipinski definition) is 0. The van der Waals surface area contributed by atoms with E-state index in [4.69, 9.17) is 4.74 Å². The van der Waals surface area contributed by atoms with Gasteiger partial charge in [-0.05, 0) is 13.8 Å². The van der Waals surface area contributed by atoms with Crippen molar-refractivity contribution < 1.29 is 13.5 Å². The lowest BCUT2D eigenvalue weighted by Gasteiger charge is -2.10. The lowest BCUT2D eigenvalue weighted by molar-refractivity contribution is -0.0632. The van der Waals surface area contributed by atoms with Crippen molar-refractivity contribution in [2.75, 3.05) is 0 Å². The molecule has 0 aromatic heterocycles. The van der Waals surface area contributed by atoms with Crippen LogP contribution < -0.4 is 0 Å². The Hall–Kier alpha value is -0.180. The molecule has 0 radical (unpaired) electrons. The molecule has 1 aliphatic rings. The van der Waals surface area contributed by atoms with Crippen molar-refractivity contribution in [3.05, 3.63) is 0 Å². The Morgan fingerprint density at radius 1 is 1.44 bits per heavy atom. The van der Waals surface area contributed by atoms with Crippen LogP contribution >= 0.6 is 0 Å². The van der Waals surface area contributed by atoms with Crippen LogP contribution in [0.5, 0.6) is 0 Å². The standard InChI is InChI=1S/C6H10F2O/c1-4-3-6(7,8)5(2)9-4/h4-5H,3H2,1-2H3/t4-,5+/m1/s1. The van der Waals surface area contributed by atoms with E-state index in [0.717, 1.165) is 0 Å². The van der Waals surface area contributed by atoms with Crippen LogP contribution in [0.4, 0.5) is 8.78 Å². The Balaban J connectivity index is 2.58. The van der Waals surface area contributed by atoms with Gasteiger partial charge in [0, 0.05) is 6.42 Å². The summed E-state index contributed by atoms with van der Waals surface area (Å²) in [5, 5.41) is 0. The van der Waals surface area contributed by atoms with Crippen LogP contribution in [0.2, 0.25) is 0 Å². The van der Waals surface area contributed by atoms with Gasteiger partial charge in [-0.15, -0.1) is 0 Å². The summed E-state index contributed by atoms with van der Waals surface area (Å²) in [6.45, 7) is 3.07. The zero-order chi connectivity index (χ0) is 7.07. The molecule has 1 nitrogen and oxygen atoms in total. The van der Waals surface area contributed by atoms with Gasteiger partial charge >= 0.3 is 0 Å². The highest BCUT2D eigenvalue weighted by Gasteiger charge is 2.45. The van der Waals surface area contributed by atoms with E-state index < -0.39 is 12.0 Å². The molecule has 1 rings (SSSR count). The molecule has 0 aromatic carbocycles. The topological polar surface area (TPSA) is 9.23 Å². The summed E-state index contributed by atoms with van der Waals surface area (Å²) in [4.78, 5) is 0. The van der Waals surface area contributed by atoms with E-state index >= 15 is 0 Å². The minimum Gasteiger partial charge on any atom is -0.369 e. The van der Waals surface area contributed by atoms with Crippen LogP contribution in [-0.4, -0.2) is 18.1 Å². The number of rotatable bonds is 0. The first-order chi connectivity index (χ1) is 4.02. The van der Waals surface area contributed by atoms with Crippen LogP contribution in [0.1, 0.15) is 20.3 Å². The summed E-state index contributed by atoms with van der Waals surface area (Å²) in [5.41, 5.74) is 0. The Morgan fingerprint density at radius 2 is 2.00 bits per heavy atom. The molecule has 0 bridgehead atoms. The van der Waals surface area contributed by atoms with Gasteiger partial charge in [0.15, 0.2) is 0 Å². The maximum atomic E-state index is 12.5. The third kappa shape index (κ3) is 1.21. The number of ether oxygens (including phenoxy) is 1. The van der Waals surface area contributed by atoms with Crippen LogP contribution in [-0.2, 0) is 4.74 Å². The third-order valence-corrected chi connectivity index (χ3v) is 1.59. The lowest BCUT2D eigenvalue weighted by Crippen LogP contribution is -2.24. The highest BCUT2D eigenvalue weighted by Crippen LogP contribution is 2.34. The fourth-order valence-electron chi connectivity index (χ4n) is 1.05. The summed E-state index contributed by atoms with van der Waals surface area (Å²) >= 11 is 0. The predicted octanol–water partition coefficient (Wildman–Crippen LogP) is 1.82. The van der Waals surface area contributed by atoms with Crippen molar-refractivity contribution in [2.45, 2.75) is 38.4 Å². The number of halogens is 2. The first-order valence-corrected chi connectivity index (χ1v) is 3.05. The molecular formula is C6H10F2O. The molecule has 0 unspecified atom stereocenters. The Kier molecular flexibility index (Phi) is 1.47. The molecule has 2 atom stereocenters. The van der Waals surface area contributed by atoms with Gasteiger partial charge in [-0.25, -0.2) is 8.78 Å². The Bertz CT molecular complexity index is 114. The molecule has 0 aromatic rings. The molecule has 3 heteroatoms. The van der Waals surface area contributed by atoms with Crippen molar-refractivity contribution in [3.8, 4) is 0 Å². The second-order valence-electron chi connectivity index (χ2n) is 2.55. The molecule has 1 saturated heterocycles. The van der Waals surface area contributed by atoms with Crippen molar-refractivity contribution >= 4 is 0 Å². The average molecular weight is 136 g/mol. The van der Waals surface area contributed by atoms with E-state index in [9.17, 15) is 8.78 Å². The summed E-state index contributed by atoms with van der Waals surface area (Å²) in [6.07, 6.45) is -1.31. The zero-order valence-electron chi connectivity index (χ0n) is 5.53. The largest absolute Gasteiger partial charge is 0.369 e. The molecule has 9 heavy (non-hydrogen) atoms. The smallest absolute Gasteiger partial charge is 0.275 e. The second-order valence-corrected chi connectivity index (χ2v) is 2.55. The van der Waals surface area contributed by atoms with E-state index in [0.29, 0.717) is 0 Å². The van der Waals surface area contributed by atoms with E-state index in [1.165, 1.54) is 6.92 Å². The van der Waals surface area contributed by atoms with Gasteiger partial charge in [0.05, 0.1) is 6.10 Å². The maximum absolute atomic E-state index is 12.5. The van der Waals surface area contributed by atoms with Crippen LogP contribution in [0.3, 0.4) is 0 Å². The quantitative estimate of drug-likeness (QED) is 0.493. The second kappa shape index (κ2) is 1.90. The van der Waals surface area contributed by atoms with Gasteiger partial charge in [0.1, 0.15) is 6.10 Å². The molecule has 0 amide bonds. The molecule has 0 saturated carbocycles. The first-order valence-electron chi connectivity index (χ1n) is 3.05. The molecule has 54 valence electrons. The van der Waals surface area contributed by atoms with Crippen LogP contribution in [0, 0.1) is 0 Å². The highest BCUT2D eigenvalue weighted by molar-refractivity contribution is 4.83. The molecular weight excluding hydrogens is 126 g/mol. The van der Waals surface area contributed by atoms with Gasteiger partial charge in [-0.3, -0.25) is 0 Å². The summed E-state index contributed by atoms with van der Waals surface area (Å²) in [5.74, 6) is -2.60. The predicted molar refractivity (Wildman–Crippen MR) is 29.6 cm³/mol. The SMILES string of the molecule is C[C@@H]1CC(F)(F)[C@H](C)O1. The molecule has 1 heterocycles. The summed E-state index contributed by atoms with van der Waals surface area (Å²) in [6, 6.07) is 0. The molecule has 0 aliphatic carbocycles. The van der Waals surface area contributed by atoms with E-state index in [1.807, 2.05) is 0 Å². The van der Waals surface area contributed by atoms with Crippen LogP contribution in [0.15, 0.2) is 0 Å². The van der Waals surface area contributed by atoms with Gasteiger partial charge in [-0.1, -0.05) is 0 Å². The van der Waals surface area contributed by atoms with Crippen LogP contribution in [0.25, 0.3) is 0 Å². The molecule has 0 N–H and O–H groups in total. The average Bonchev–Trinajstić information content (AvgIpc) is 1.79. The zero-order valence-corrected chi connectivity index (χ0v) is 5.53. The Labute approximate surface area is 53.0 Å². The summed E-state index contributed by atoms with van der Waals surface area (Å²) < 4.78 is 29.8. The Morgan fingerprint density at radius 3 is 2.11 bits per heavy atom. The van der Waals surface area contributed by atoms with Gasteiger partial charge in [0.25, 0.3) is 5.92 Å². The van der Waals surface area contributed by atoms with Crippen molar-refractivity contribution in [1.29, 1.82) is 0 Å². The van der Waals surface area contributed by atoms with Crippen molar-refractivity contribution in [2.24, 2.45) is 0 Å². The molecule has 1 aliphatic heterocycles. The monoisotopic (exact) mass is 136 g/mol. The van der Waals surface area contributed by atoms with Crippen molar-refractivity contribution in [1.82, 2.24) is 0 Å². The molecule has 0 spiro atoms. The lowest BCUT2D eigenvalue weighted by atomic mass is 10.1. The first kappa shape index (κ1) is 6.93. The van der Waals surface area contributed by atoms with Gasteiger partial charge in [-0.2, -0.15) is 0 Å². The van der Waals surface area contributed by atoms with Gasteiger partial charge in [0.2, 0.25) is 0 Å². The minimum absolute atomic E-state index is 0.131. The van der Waals surface area contributed by atoms with Crippen molar-refractivity contribution in [3.63, 3.8) is 0 Å². The highest BCUT2D eigenvalue weighted by atomic mass is 19.3. The third-order valence-electron chi connectivity index (χ3n) is 1.59. The van der Waals surface area contributed by atoms with E-state index in [2.05, 4.69) is 0 Å².